The molecular weight excluding hydrogens is 438 g/mol. The highest BCUT2D eigenvalue weighted by atomic mass is 32.2. The number of aryl methyl sites for hydroxylation is 1. The van der Waals surface area contributed by atoms with E-state index in [9.17, 15) is 13.2 Å². The van der Waals surface area contributed by atoms with E-state index in [0.717, 1.165) is 29.2 Å². The highest BCUT2D eigenvalue weighted by Crippen LogP contribution is 2.28. The van der Waals surface area contributed by atoms with E-state index >= 15 is 0 Å². The van der Waals surface area contributed by atoms with Crippen molar-refractivity contribution in [3.05, 3.63) is 66.3 Å². The maximum Gasteiger partial charge on any atom is 0.244 e. The van der Waals surface area contributed by atoms with Gasteiger partial charge in [-0.2, -0.15) is 4.72 Å². The molecule has 1 aliphatic carbocycles. The predicted molar refractivity (Wildman–Crippen MR) is 129 cm³/mol. The molecule has 3 unspecified atom stereocenters. The Bertz CT molecular complexity index is 1180. The predicted octanol–water partition coefficient (Wildman–Crippen LogP) is 2.72. The largest absolute Gasteiger partial charge is 0.348 e. The minimum absolute atomic E-state index is 0.0115. The summed E-state index contributed by atoms with van der Waals surface area (Å²) in [6.45, 7) is 3.11. The van der Waals surface area contributed by atoms with Crippen molar-refractivity contribution in [1.82, 2.24) is 9.62 Å². The number of allylic oxidation sites excluding steroid dienone is 3. The molecule has 2 aromatic carbocycles. The van der Waals surface area contributed by atoms with Gasteiger partial charge in [-0.15, -0.1) is 0 Å². The van der Waals surface area contributed by atoms with Gasteiger partial charge in [-0.25, -0.2) is 8.42 Å². The number of benzene rings is 2. The van der Waals surface area contributed by atoms with E-state index in [1.165, 1.54) is 6.08 Å². The van der Waals surface area contributed by atoms with Crippen LogP contribution in [0.25, 0.3) is 10.8 Å². The van der Waals surface area contributed by atoms with Crippen LogP contribution >= 0.6 is 0 Å². The summed E-state index contributed by atoms with van der Waals surface area (Å²) in [7, 11) is -3.90. The molecular formula is C25H31N3O4S. The molecule has 3 atom stereocenters. The van der Waals surface area contributed by atoms with Crippen LogP contribution in [0, 0.1) is 5.92 Å². The standard InChI is InChI=1S/C25H31N3O4S/c1-2-21-22-11-5-3-8-18(22)13-14-24(21)33(30,31)27-25(28-15-7-10-20(28)16-26)32-17-19-9-4-6-12-23(19)29/h3-6,8-9,11-14,19-20,25,27H,2,7,10,15-17,26H2,1H3. The number of likely N-dealkylation sites (tertiary alicyclic amines) is 1. The number of nitrogens with zero attached hydrogens (tertiary/aromatic N) is 1. The normalized spacial score (nSPS) is 22.3. The maximum atomic E-state index is 13.6. The lowest BCUT2D eigenvalue weighted by molar-refractivity contribution is -0.123. The Labute approximate surface area is 195 Å². The van der Waals surface area contributed by atoms with Crippen LogP contribution in [0.1, 0.15) is 25.3 Å². The highest BCUT2D eigenvalue weighted by molar-refractivity contribution is 7.89. The molecule has 176 valence electrons. The molecule has 1 heterocycles. The third kappa shape index (κ3) is 5.10. The summed E-state index contributed by atoms with van der Waals surface area (Å²) >= 11 is 0. The molecule has 7 nitrogen and oxygen atoms in total. The molecule has 0 radical (unpaired) electrons. The first-order valence-corrected chi connectivity index (χ1v) is 12.9. The number of sulfonamides is 1. The second-order valence-corrected chi connectivity index (χ2v) is 10.1. The van der Waals surface area contributed by atoms with Gasteiger partial charge in [-0.3, -0.25) is 9.69 Å². The van der Waals surface area contributed by atoms with E-state index in [2.05, 4.69) is 4.72 Å². The van der Waals surface area contributed by atoms with Crippen molar-refractivity contribution in [2.45, 2.75) is 43.5 Å². The second-order valence-electron chi connectivity index (χ2n) is 8.45. The number of rotatable bonds is 9. The Balaban J connectivity index is 1.63. The maximum absolute atomic E-state index is 13.6. The van der Waals surface area contributed by atoms with Gasteiger partial charge in [0.05, 0.1) is 17.4 Å². The van der Waals surface area contributed by atoms with Gasteiger partial charge in [-0.05, 0) is 47.7 Å². The number of nitrogens with one attached hydrogen (secondary N) is 1. The van der Waals surface area contributed by atoms with Crippen molar-refractivity contribution in [2.24, 2.45) is 11.7 Å². The summed E-state index contributed by atoms with van der Waals surface area (Å²) in [5.41, 5.74) is 6.73. The summed E-state index contributed by atoms with van der Waals surface area (Å²) in [5, 5.41) is 1.92. The Morgan fingerprint density at radius 1 is 1.21 bits per heavy atom. The molecule has 8 heteroatoms. The highest BCUT2D eigenvalue weighted by Gasteiger charge is 2.35. The first kappa shape index (κ1) is 23.8. The molecule has 1 saturated heterocycles. The molecule has 1 aliphatic heterocycles. The van der Waals surface area contributed by atoms with Crippen molar-refractivity contribution >= 4 is 26.6 Å². The van der Waals surface area contributed by atoms with E-state index < -0.39 is 22.3 Å². The molecule has 0 saturated carbocycles. The van der Waals surface area contributed by atoms with Crippen molar-refractivity contribution in [1.29, 1.82) is 0 Å². The average molecular weight is 470 g/mol. The molecule has 4 rings (SSSR count). The Hall–Kier alpha value is -2.36. The van der Waals surface area contributed by atoms with Gasteiger partial charge in [-0.1, -0.05) is 55.5 Å². The lowest BCUT2D eigenvalue weighted by Crippen LogP contribution is -2.53. The SMILES string of the molecule is CCc1c(S(=O)(=O)NC(OCC2C=CC=CC2=O)N2CCCC2CN)ccc2ccccc12. The van der Waals surface area contributed by atoms with Crippen LogP contribution in [0.15, 0.2) is 65.6 Å². The van der Waals surface area contributed by atoms with Crippen LogP contribution in [0.2, 0.25) is 0 Å². The summed E-state index contributed by atoms with van der Waals surface area (Å²) in [5.74, 6) is -0.494. The lowest BCUT2D eigenvalue weighted by Gasteiger charge is -2.33. The summed E-state index contributed by atoms with van der Waals surface area (Å²) < 4.78 is 36.0. The van der Waals surface area contributed by atoms with Crippen LogP contribution in [0.3, 0.4) is 0 Å². The zero-order chi connectivity index (χ0) is 23.4. The first-order chi connectivity index (χ1) is 15.9. The fraction of sp³-hybridized carbons (Fsp3) is 0.400. The lowest BCUT2D eigenvalue weighted by atomic mass is 10.0. The van der Waals surface area contributed by atoms with E-state index in [1.807, 2.05) is 42.2 Å². The number of fused-ring (bicyclic) bond motifs is 1. The Morgan fingerprint density at radius 2 is 2.03 bits per heavy atom. The fourth-order valence-electron chi connectivity index (χ4n) is 4.65. The number of hydrogen-bond acceptors (Lipinski definition) is 6. The average Bonchev–Trinajstić information content (AvgIpc) is 3.30. The monoisotopic (exact) mass is 469 g/mol. The van der Waals surface area contributed by atoms with E-state index in [4.69, 9.17) is 10.5 Å². The zero-order valence-corrected chi connectivity index (χ0v) is 19.6. The Kier molecular flexibility index (Phi) is 7.41. The molecule has 0 amide bonds. The van der Waals surface area contributed by atoms with Gasteiger partial charge < -0.3 is 10.5 Å². The number of ether oxygens (including phenoxy) is 1. The van der Waals surface area contributed by atoms with Crippen molar-refractivity contribution < 1.29 is 17.9 Å². The molecule has 0 bridgehead atoms. The van der Waals surface area contributed by atoms with Gasteiger partial charge >= 0.3 is 0 Å². The van der Waals surface area contributed by atoms with Crippen LogP contribution in [0.5, 0.6) is 0 Å². The number of nitrogens with two attached hydrogens (primary N) is 1. The van der Waals surface area contributed by atoms with Crippen LogP contribution in [0.4, 0.5) is 0 Å². The quantitative estimate of drug-likeness (QED) is 0.548. The van der Waals surface area contributed by atoms with Gasteiger partial charge in [0.1, 0.15) is 0 Å². The van der Waals surface area contributed by atoms with Gasteiger partial charge in [0, 0.05) is 19.1 Å². The molecule has 2 aliphatic rings. The van der Waals surface area contributed by atoms with Crippen LogP contribution in [-0.2, 0) is 26.0 Å². The molecule has 0 spiro atoms. The topological polar surface area (TPSA) is 102 Å². The number of ketones is 1. The second kappa shape index (κ2) is 10.3. The van der Waals surface area contributed by atoms with E-state index in [-0.39, 0.29) is 23.3 Å². The van der Waals surface area contributed by atoms with Crippen molar-refractivity contribution in [2.75, 3.05) is 19.7 Å². The van der Waals surface area contributed by atoms with Crippen molar-refractivity contribution in [3.63, 3.8) is 0 Å². The van der Waals surface area contributed by atoms with Crippen molar-refractivity contribution in [3.8, 4) is 0 Å². The minimum Gasteiger partial charge on any atom is -0.348 e. The van der Waals surface area contributed by atoms with Gasteiger partial charge in [0.25, 0.3) is 0 Å². The number of hydrogen-bond donors (Lipinski definition) is 2. The molecule has 3 N–H and O–H groups in total. The number of carbonyl (C=O) groups is 1. The summed E-state index contributed by atoms with van der Waals surface area (Å²) in [6, 6.07) is 11.3. The molecule has 1 fully saturated rings. The molecule has 0 aromatic heterocycles. The molecule has 2 aromatic rings. The molecule has 33 heavy (non-hydrogen) atoms. The summed E-state index contributed by atoms with van der Waals surface area (Å²) in [6.07, 6.45) is 8.22. The first-order valence-electron chi connectivity index (χ1n) is 11.4. The third-order valence-electron chi connectivity index (χ3n) is 6.41. The van der Waals surface area contributed by atoms with Gasteiger partial charge in [0.2, 0.25) is 10.0 Å². The number of carbonyl (C=O) groups excluding carboxylic acids is 1. The van der Waals surface area contributed by atoms with E-state index in [1.54, 1.807) is 24.3 Å². The summed E-state index contributed by atoms with van der Waals surface area (Å²) in [4.78, 5) is 14.4. The van der Waals surface area contributed by atoms with Gasteiger partial charge in [0.15, 0.2) is 12.1 Å². The Morgan fingerprint density at radius 3 is 2.79 bits per heavy atom. The van der Waals surface area contributed by atoms with Crippen LogP contribution < -0.4 is 10.5 Å². The minimum atomic E-state index is -3.90. The van der Waals surface area contributed by atoms with E-state index in [0.29, 0.717) is 19.5 Å². The smallest absolute Gasteiger partial charge is 0.244 e. The zero-order valence-electron chi connectivity index (χ0n) is 18.8. The van der Waals surface area contributed by atoms with Crippen LogP contribution in [-0.4, -0.2) is 51.2 Å². The fourth-order valence-corrected chi connectivity index (χ4v) is 6.07. The third-order valence-corrected chi connectivity index (χ3v) is 7.88.